The van der Waals surface area contributed by atoms with Crippen molar-refractivity contribution in [2.75, 3.05) is 13.2 Å². The molecule has 6 heteroatoms. The second-order valence-electron chi connectivity index (χ2n) is 6.04. The molecule has 0 aromatic carbocycles. The molecule has 2 fully saturated rings. The maximum atomic E-state index is 5.81. The summed E-state index contributed by atoms with van der Waals surface area (Å²) in [6.45, 7) is 1.67. The summed E-state index contributed by atoms with van der Waals surface area (Å²) in [6, 6.07) is 10.3. The molecule has 2 saturated heterocycles. The van der Waals surface area contributed by atoms with E-state index in [1.807, 2.05) is 36.7 Å². The van der Waals surface area contributed by atoms with Crippen LogP contribution in [0.4, 0.5) is 0 Å². The van der Waals surface area contributed by atoms with Gasteiger partial charge < -0.3 is 19.9 Å². The van der Waals surface area contributed by atoms with E-state index in [2.05, 4.69) is 26.3 Å². The van der Waals surface area contributed by atoms with Crippen molar-refractivity contribution in [1.82, 2.24) is 20.2 Å². The molecule has 0 saturated carbocycles. The fourth-order valence-corrected chi connectivity index (χ4v) is 3.79. The quantitative estimate of drug-likeness (QED) is 0.845. The zero-order chi connectivity index (χ0) is 15.6. The first kappa shape index (κ1) is 14.7. The minimum atomic E-state index is 0.0451. The van der Waals surface area contributed by atoms with Crippen LogP contribution in [0.5, 0.6) is 0 Å². The Kier molecular flexibility index (Phi) is 4.01. The summed E-state index contributed by atoms with van der Waals surface area (Å²) >= 11 is 5.62. The molecule has 2 N–H and O–H groups in total. The van der Waals surface area contributed by atoms with Crippen LogP contribution in [-0.2, 0) is 4.74 Å². The molecule has 0 bridgehead atoms. The summed E-state index contributed by atoms with van der Waals surface area (Å²) in [4.78, 5) is 10.1. The van der Waals surface area contributed by atoms with E-state index in [-0.39, 0.29) is 18.2 Å². The average molecular weight is 328 g/mol. The smallest absolute Gasteiger partial charge is 0.170 e. The Bertz CT molecular complexity index is 654. The molecule has 2 aromatic rings. The van der Waals surface area contributed by atoms with Gasteiger partial charge in [-0.2, -0.15) is 0 Å². The van der Waals surface area contributed by atoms with Crippen LogP contribution in [0.15, 0.2) is 42.7 Å². The third-order valence-corrected chi connectivity index (χ3v) is 4.92. The molecule has 0 unspecified atom stereocenters. The van der Waals surface area contributed by atoms with Crippen LogP contribution in [-0.4, -0.2) is 39.2 Å². The van der Waals surface area contributed by atoms with Crippen molar-refractivity contribution in [3.05, 3.63) is 54.1 Å². The number of H-pyrrole nitrogens is 1. The molecule has 23 heavy (non-hydrogen) atoms. The highest BCUT2D eigenvalue weighted by Crippen LogP contribution is 2.38. The van der Waals surface area contributed by atoms with Gasteiger partial charge in [-0.1, -0.05) is 6.07 Å². The van der Waals surface area contributed by atoms with Gasteiger partial charge in [0.2, 0.25) is 0 Å². The third-order valence-electron chi connectivity index (χ3n) is 4.56. The minimum Gasteiger partial charge on any atom is -0.376 e. The molecule has 4 heterocycles. The Labute approximate surface area is 141 Å². The Morgan fingerprint density at radius 2 is 2.26 bits per heavy atom. The van der Waals surface area contributed by atoms with Gasteiger partial charge in [0, 0.05) is 31.2 Å². The molecule has 120 valence electrons. The van der Waals surface area contributed by atoms with Crippen molar-refractivity contribution in [2.24, 2.45) is 0 Å². The summed E-state index contributed by atoms with van der Waals surface area (Å²) in [5.74, 6) is 0. The highest BCUT2D eigenvalue weighted by atomic mass is 32.1. The maximum absolute atomic E-state index is 5.81. The SMILES string of the molecule is S=C1N[C@H](c2ccccn2)[C@@H](c2ccc[nH]2)N1C[C@@H]1CCCO1. The van der Waals surface area contributed by atoms with Crippen molar-refractivity contribution in [1.29, 1.82) is 0 Å². The van der Waals surface area contributed by atoms with Crippen molar-refractivity contribution in [2.45, 2.75) is 31.0 Å². The monoisotopic (exact) mass is 328 g/mol. The fourth-order valence-electron chi connectivity index (χ4n) is 3.48. The van der Waals surface area contributed by atoms with Gasteiger partial charge in [-0.25, -0.2) is 0 Å². The predicted molar refractivity (Wildman–Crippen MR) is 91.9 cm³/mol. The number of hydrogen-bond acceptors (Lipinski definition) is 3. The fraction of sp³-hybridized carbons (Fsp3) is 0.412. The van der Waals surface area contributed by atoms with Gasteiger partial charge in [-0.3, -0.25) is 4.98 Å². The van der Waals surface area contributed by atoms with E-state index in [4.69, 9.17) is 17.0 Å². The molecule has 2 aromatic heterocycles. The molecule has 2 aliphatic rings. The lowest BCUT2D eigenvalue weighted by Gasteiger charge is -2.28. The van der Waals surface area contributed by atoms with Crippen LogP contribution < -0.4 is 5.32 Å². The Morgan fingerprint density at radius 1 is 1.30 bits per heavy atom. The summed E-state index contributed by atoms with van der Waals surface area (Å²) in [7, 11) is 0. The van der Waals surface area contributed by atoms with E-state index in [1.54, 1.807) is 0 Å². The normalized spacial score (nSPS) is 27.4. The van der Waals surface area contributed by atoms with E-state index in [0.29, 0.717) is 0 Å². The summed E-state index contributed by atoms with van der Waals surface area (Å²) in [5, 5.41) is 4.23. The van der Waals surface area contributed by atoms with Gasteiger partial charge in [0.1, 0.15) is 0 Å². The minimum absolute atomic E-state index is 0.0451. The molecule has 0 amide bonds. The lowest BCUT2D eigenvalue weighted by molar-refractivity contribution is 0.0838. The molecule has 4 rings (SSSR count). The molecule has 3 atom stereocenters. The Hall–Kier alpha value is -1.92. The topological polar surface area (TPSA) is 53.2 Å². The number of rotatable bonds is 4. The van der Waals surface area contributed by atoms with Crippen LogP contribution in [0, 0.1) is 0 Å². The largest absolute Gasteiger partial charge is 0.376 e. The van der Waals surface area contributed by atoms with Gasteiger partial charge >= 0.3 is 0 Å². The molecule has 0 spiro atoms. The lowest BCUT2D eigenvalue weighted by atomic mass is 10.0. The van der Waals surface area contributed by atoms with Crippen LogP contribution in [0.3, 0.4) is 0 Å². The first-order valence-electron chi connectivity index (χ1n) is 8.06. The Balaban J connectivity index is 1.66. The number of pyridine rings is 1. The second kappa shape index (κ2) is 6.29. The van der Waals surface area contributed by atoms with Crippen LogP contribution in [0.1, 0.15) is 36.3 Å². The van der Waals surface area contributed by atoms with Crippen LogP contribution >= 0.6 is 12.2 Å². The highest BCUT2D eigenvalue weighted by molar-refractivity contribution is 7.80. The predicted octanol–water partition coefficient (Wildman–Crippen LogP) is 2.56. The van der Waals surface area contributed by atoms with E-state index in [1.165, 1.54) is 0 Å². The number of ether oxygens (including phenoxy) is 1. The molecule has 0 aliphatic carbocycles. The van der Waals surface area contributed by atoms with Gasteiger partial charge in [-0.15, -0.1) is 0 Å². The Morgan fingerprint density at radius 3 is 2.96 bits per heavy atom. The number of aromatic amines is 1. The molecule has 0 radical (unpaired) electrons. The molecule has 2 aliphatic heterocycles. The van der Waals surface area contributed by atoms with Gasteiger partial charge in [-0.05, 0) is 49.3 Å². The zero-order valence-corrected chi connectivity index (χ0v) is 13.6. The van der Waals surface area contributed by atoms with E-state index in [9.17, 15) is 0 Å². The van der Waals surface area contributed by atoms with Crippen molar-refractivity contribution < 1.29 is 4.74 Å². The zero-order valence-electron chi connectivity index (χ0n) is 12.8. The first-order chi connectivity index (χ1) is 11.3. The van der Waals surface area contributed by atoms with E-state index in [0.717, 1.165) is 42.5 Å². The number of hydrogen-bond donors (Lipinski definition) is 2. The van der Waals surface area contributed by atoms with Crippen LogP contribution in [0.25, 0.3) is 0 Å². The lowest BCUT2D eigenvalue weighted by Crippen LogP contribution is -2.36. The molecular weight excluding hydrogens is 308 g/mol. The van der Waals surface area contributed by atoms with Crippen LogP contribution in [0.2, 0.25) is 0 Å². The third kappa shape index (κ3) is 2.84. The number of thiocarbonyl (C=S) groups is 1. The maximum Gasteiger partial charge on any atom is 0.170 e. The number of aromatic nitrogens is 2. The van der Waals surface area contributed by atoms with Gasteiger partial charge in [0.15, 0.2) is 5.11 Å². The molecular formula is C17H20N4OS. The highest BCUT2D eigenvalue weighted by Gasteiger charge is 2.41. The average Bonchev–Trinajstić information content (AvgIpc) is 3.31. The summed E-state index contributed by atoms with van der Waals surface area (Å²) in [6.07, 6.45) is 6.28. The van der Waals surface area contributed by atoms with E-state index < -0.39 is 0 Å². The second-order valence-corrected chi connectivity index (χ2v) is 6.43. The van der Waals surface area contributed by atoms with Gasteiger partial charge in [0.05, 0.1) is 23.9 Å². The summed E-state index contributed by atoms with van der Waals surface area (Å²) < 4.78 is 5.81. The summed E-state index contributed by atoms with van der Waals surface area (Å²) in [5.41, 5.74) is 2.15. The van der Waals surface area contributed by atoms with Crippen molar-refractivity contribution >= 4 is 17.3 Å². The van der Waals surface area contributed by atoms with Crippen molar-refractivity contribution in [3.63, 3.8) is 0 Å². The number of nitrogens with zero attached hydrogens (tertiary/aromatic N) is 2. The van der Waals surface area contributed by atoms with E-state index >= 15 is 0 Å². The standard InChI is InChI=1S/C17H20N4OS/c23-17-20-15(13-6-1-2-8-18-13)16(14-7-3-9-19-14)21(17)11-12-5-4-10-22-12/h1-3,6-9,12,15-16,19H,4-5,10-11H2,(H,20,23)/t12-,15+,16+/m0/s1. The van der Waals surface area contributed by atoms with Gasteiger partial charge in [0.25, 0.3) is 0 Å². The first-order valence-corrected chi connectivity index (χ1v) is 8.47. The van der Waals surface area contributed by atoms with Crippen molar-refractivity contribution in [3.8, 4) is 0 Å². The number of nitrogens with one attached hydrogen (secondary N) is 2. The molecule has 5 nitrogen and oxygen atoms in total.